The summed E-state index contributed by atoms with van der Waals surface area (Å²) in [5.74, 6) is -2.59. The Bertz CT molecular complexity index is 5120. The lowest BCUT2D eigenvalue weighted by molar-refractivity contribution is -0.134. The van der Waals surface area contributed by atoms with Crippen LogP contribution in [0, 0.1) is 59.3 Å². The Labute approximate surface area is 859 Å². The fourth-order valence-corrected chi connectivity index (χ4v) is 20.3. The molecule has 9 N–H and O–H groups in total. The maximum atomic E-state index is 17.2. The van der Waals surface area contributed by atoms with Gasteiger partial charge in [0, 0.05) is 57.4 Å². The molecular formula is C114H147N12O19P. The molecule has 3 aliphatic rings. The molecule has 12 amide bonds. The predicted molar refractivity (Wildman–Crippen MR) is 561 cm³/mol. The van der Waals surface area contributed by atoms with Crippen LogP contribution in [0.15, 0.2) is 237 Å². The van der Waals surface area contributed by atoms with Crippen molar-refractivity contribution >= 4 is 61.4 Å². The van der Waals surface area contributed by atoms with Gasteiger partial charge < -0.3 is 91.0 Å². The van der Waals surface area contributed by atoms with Gasteiger partial charge in [0.15, 0.2) is 40.2 Å². The molecule has 3 heterocycles. The molecule has 146 heavy (non-hydrogen) atoms. The van der Waals surface area contributed by atoms with Crippen LogP contribution in [0.3, 0.4) is 0 Å². The quantitative estimate of drug-likeness (QED) is 0.0126. The van der Waals surface area contributed by atoms with E-state index in [2.05, 4.69) is 47.9 Å². The summed E-state index contributed by atoms with van der Waals surface area (Å²) in [6.07, 6.45) is -1.33. The Morgan fingerprint density at radius 3 is 0.740 bits per heavy atom. The number of benzene rings is 9. The lowest BCUT2D eigenvalue weighted by atomic mass is 9.92. The molecule has 9 aromatic rings. The van der Waals surface area contributed by atoms with E-state index in [4.69, 9.17) is 42.0 Å². The van der Waals surface area contributed by atoms with Crippen LogP contribution < -0.4 is 62.1 Å². The van der Waals surface area contributed by atoms with E-state index >= 15 is 33.3 Å². The average Bonchev–Trinajstić information content (AvgIpc) is 0.823. The van der Waals surface area contributed by atoms with Gasteiger partial charge in [-0.3, -0.25) is 42.3 Å². The number of ether oxygens (including phenoxy) is 6. The molecule has 3 fully saturated rings. The number of nitrogens with one attached hydrogen (secondary N) is 9. The summed E-state index contributed by atoms with van der Waals surface area (Å²) in [6.45, 7) is 20.5. The molecule has 31 nitrogen and oxygen atoms in total. The van der Waals surface area contributed by atoms with Gasteiger partial charge in [0.2, 0.25) is 17.7 Å². The third-order valence-electron chi connectivity index (χ3n) is 26.6. The van der Waals surface area contributed by atoms with Gasteiger partial charge in [-0.1, -0.05) is 278 Å². The lowest BCUT2D eigenvalue weighted by Crippen LogP contribution is -2.59. The van der Waals surface area contributed by atoms with Crippen LogP contribution in [-0.2, 0) is 99.6 Å². The SMILES string of the molecule is Cc1cccc(C)c1OCC(=O)N[C@@H](Cc1ccccc1)[C@H](C[C@H](Cc1ccccc1)NC(=O)[C@H](C(C)C)N1CCCNC1=O)OCOP(=O)(OCO[C@@H](C[C@H](Cc1ccccc1)NC(=O)[C@H](C(C)C)N1CCCNC1=O)[C@H](Cc1ccccc1)NC(=O)COc1c(C)cccc1C)OCO[C@@H](C[C@H](Cc1ccccc1)NC(=O)[C@H](C(C)C)N1CCCNC1=O)[C@H](Cc1ccccc1)NC(=O)COc1c(C)cccc1C. The summed E-state index contributed by atoms with van der Waals surface area (Å²) in [5.41, 5.74) is 9.47. The Kier molecular flexibility index (Phi) is 43.3. The zero-order valence-corrected chi connectivity index (χ0v) is 87.1. The monoisotopic (exact) mass is 2020 g/mol. The summed E-state index contributed by atoms with van der Waals surface area (Å²) < 4.78 is 77.8. The van der Waals surface area contributed by atoms with Gasteiger partial charge >= 0.3 is 25.9 Å². The second-order valence-electron chi connectivity index (χ2n) is 39.2. The summed E-state index contributed by atoms with van der Waals surface area (Å²) >= 11 is 0. The average molecular weight is 2020 g/mol. The molecule has 0 saturated carbocycles. The van der Waals surface area contributed by atoms with Crippen LogP contribution >= 0.6 is 7.82 Å². The normalized spacial score (nSPS) is 15.9. The third kappa shape index (κ3) is 34.3. The van der Waals surface area contributed by atoms with Crippen molar-refractivity contribution in [2.24, 2.45) is 17.8 Å². The minimum Gasteiger partial charge on any atom is -0.483 e. The van der Waals surface area contributed by atoms with Gasteiger partial charge in [0.25, 0.3) is 17.7 Å². The Balaban J connectivity index is 0.986. The molecule has 12 rings (SSSR count). The van der Waals surface area contributed by atoms with E-state index in [9.17, 15) is 14.4 Å². The van der Waals surface area contributed by atoms with Gasteiger partial charge in [0.05, 0.1) is 36.4 Å². The first kappa shape index (κ1) is 112. The largest absolute Gasteiger partial charge is 0.483 e. The van der Waals surface area contributed by atoms with Crippen LogP contribution in [0.2, 0.25) is 0 Å². The number of phosphoric ester groups is 1. The molecular weight excluding hydrogens is 1870 g/mol. The molecule has 32 heteroatoms. The first-order valence-corrected chi connectivity index (χ1v) is 52.5. The highest BCUT2D eigenvalue weighted by Gasteiger charge is 2.43. The standard InChI is InChI=1S/C114H147N12O19P/c1-76(2)103(124-58-34-55-115-112(124)133)109(130)118-91(61-85-43-19-13-20-44-85)67-97(94(64-88-49-25-16-26-50-88)121-100(127)70-137-106-79(7)37-31-38-80(106)8)140-73-143-146(136,144-74-141-98(95(65-89-51-27-17-28-52-89)122-101(128)71-138-107-81(9)39-32-40-82(107)10)68-92(62-86-45-21-14-22-46-86)119-110(131)104(77(3)4)125-59-35-56-116-113(125)134)145-75-142-99(96(66-90-53-29-18-30-54-90)123-102(129)72-139-108-83(11)41-33-42-84(108)12)69-93(63-87-47-23-15-24-48-87)120-111(132)105(78(5)6)126-60-36-57-117-114(126)135/h13-33,37-54,76-78,91-99,103-105H,34-36,55-75H2,1-12H3,(H,115,133)(H,116,134)(H,117,135)(H,118,130)(H,119,131)(H,120,132)(H,121,127)(H,122,128)(H,123,129)/t91-,92-,93-,94-,95-,96-,97-,98-,99-,103-,104-,105-/m0/s1. The minimum absolute atomic E-state index is 0.0932. The molecule has 3 saturated heterocycles. The highest BCUT2D eigenvalue weighted by Crippen LogP contribution is 2.50. The summed E-state index contributed by atoms with van der Waals surface area (Å²) in [5, 5.41) is 28.5. The van der Waals surface area contributed by atoms with Gasteiger partial charge in [-0.2, -0.15) is 0 Å². The van der Waals surface area contributed by atoms with Crippen LogP contribution in [0.5, 0.6) is 17.2 Å². The molecule has 0 aliphatic carbocycles. The topological polar surface area (TPSA) is 372 Å². The molecule has 0 bridgehead atoms. The first-order chi connectivity index (χ1) is 70.4. The summed E-state index contributed by atoms with van der Waals surface area (Å²) in [7, 11) is -5.43. The van der Waals surface area contributed by atoms with E-state index in [1.165, 1.54) is 0 Å². The zero-order chi connectivity index (χ0) is 104. The predicted octanol–water partition coefficient (Wildman–Crippen LogP) is 15.1. The molecule has 0 spiro atoms. The molecule has 0 unspecified atom stereocenters. The maximum absolute atomic E-state index is 17.2. The van der Waals surface area contributed by atoms with Gasteiger partial charge in [-0.05, 0) is 203 Å². The van der Waals surface area contributed by atoms with Crippen molar-refractivity contribution < 1.29 is 89.7 Å². The number of phosphoric acid groups is 1. The fraction of sp³-hybridized carbons (Fsp3) is 0.447. The van der Waals surface area contributed by atoms with E-state index in [1.54, 1.807) is 14.7 Å². The number of para-hydroxylation sites is 3. The number of nitrogens with zero attached hydrogens (tertiary/aromatic N) is 3. The second kappa shape index (κ2) is 56.6. The Hall–Kier alpha value is -13.0. The van der Waals surface area contributed by atoms with Crippen molar-refractivity contribution in [1.82, 2.24) is 62.6 Å². The smallest absolute Gasteiger partial charge is 0.481 e. The van der Waals surface area contributed by atoms with E-state index in [0.29, 0.717) is 75.8 Å². The number of aryl methyl sites for hydroxylation is 6. The number of hydrogen-bond acceptors (Lipinski definition) is 19. The van der Waals surface area contributed by atoms with E-state index in [-0.39, 0.29) is 93.6 Å². The Morgan fingerprint density at radius 2 is 0.527 bits per heavy atom. The van der Waals surface area contributed by atoms with Crippen molar-refractivity contribution in [2.75, 3.05) is 79.5 Å². The van der Waals surface area contributed by atoms with Crippen LogP contribution in [0.4, 0.5) is 14.4 Å². The highest BCUT2D eigenvalue weighted by molar-refractivity contribution is 7.48. The van der Waals surface area contributed by atoms with E-state index in [0.717, 1.165) is 66.8 Å². The van der Waals surface area contributed by atoms with Crippen LogP contribution in [0.1, 0.15) is 147 Å². The van der Waals surface area contributed by atoms with Crippen molar-refractivity contribution in [3.63, 3.8) is 0 Å². The number of hydrogen-bond donors (Lipinski definition) is 9. The molecule has 0 aromatic heterocycles. The number of urea groups is 3. The second-order valence-corrected chi connectivity index (χ2v) is 40.9. The zero-order valence-electron chi connectivity index (χ0n) is 86.2. The fourth-order valence-electron chi connectivity index (χ4n) is 19.5. The van der Waals surface area contributed by atoms with Crippen molar-refractivity contribution in [3.8, 4) is 17.2 Å². The number of amides is 12. The molecule has 9 aromatic carbocycles. The molecule has 12 atom stereocenters. The number of carbonyl (C=O) groups is 9. The summed E-state index contributed by atoms with van der Waals surface area (Å²) in [6, 6.07) is 64.0. The van der Waals surface area contributed by atoms with Crippen molar-refractivity contribution in [3.05, 3.63) is 303 Å². The molecule has 782 valence electrons. The lowest BCUT2D eigenvalue weighted by Gasteiger charge is -2.38. The number of carbonyl (C=O) groups excluding carboxylic acids is 9. The highest BCUT2D eigenvalue weighted by atomic mass is 31.2. The first-order valence-electron chi connectivity index (χ1n) is 51.0. The molecule has 0 radical (unpaired) electrons. The maximum Gasteiger partial charge on any atom is 0.481 e. The third-order valence-corrected chi connectivity index (χ3v) is 27.9. The van der Waals surface area contributed by atoms with E-state index < -0.39 is 156 Å². The van der Waals surface area contributed by atoms with Crippen LogP contribution in [-0.4, -0.2) is 220 Å². The van der Waals surface area contributed by atoms with E-state index in [1.807, 2.05) is 320 Å². The van der Waals surface area contributed by atoms with Crippen molar-refractivity contribution in [2.45, 2.75) is 233 Å². The minimum atomic E-state index is -5.43. The number of rotatable bonds is 57. The van der Waals surface area contributed by atoms with Gasteiger partial charge in [0.1, 0.15) is 35.4 Å². The summed E-state index contributed by atoms with van der Waals surface area (Å²) in [4.78, 5) is 138. The van der Waals surface area contributed by atoms with Crippen LogP contribution in [0.25, 0.3) is 0 Å². The van der Waals surface area contributed by atoms with Gasteiger partial charge in [-0.15, -0.1) is 0 Å². The van der Waals surface area contributed by atoms with Gasteiger partial charge in [-0.25, -0.2) is 18.9 Å². The Morgan fingerprint density at radius 1 is 0.308 bits per heavy atom. The molecule has 3 aliphatic heterocycles. The van der Waals surface area contributed by atoms with Crippen molar-refractivity contribution in [1.29, 1.82) is 0 Å².